The van der Waals surface area contributed by atoms with E-state index >= 15 is 0 Å². The van der Waals surface area contributed by atoms with Gasteiger partial charge < -0.3 is 15.4 Å². The summed E-state index contributed by atoms with van der Waals surface area (Å²) in [4.78, 5) is 14.5. The van der Waals surface area contributed by atoms with Gasteiger partial charge >= 0.3 is 0 Å². The lowest BCUT2D eigenvalue weighted by Crippen LogP contribution is -2.57. The molecule has 0 aromatic rings. The summed E-state index contributed by atoms with van der Waals surface area (Å²) >= 11 is 0. The van der Waals surface area contributed by atoms with Crippen LogP contribution in [0.1, 0.15) is 39.0 Å². The summed E-state index contributed by atoms with van der Waals surface area (Å²) in [6.45, 7) is 4.15. The molecule has 17 heavy (non-hydrogen) atoms. The molecule has 0 bridgehead atoms. The molecule has 2 N–H and O–H groups in total. The van der Waals surface area contributed by atoms with E-state index in [9.17, 15) is 4.79 Å². The van der Waals surface area contributed by atoms with Crippen molar-refractivity contribution in [2.24, 2.45) is 11.1 Å². The fourth-order valence-electron chi connectivity index (χ4n) is 2.99. The predicted octanol–water partition coefficient (Wildman–Crippen LogP) is 1.14. The van der Waals surface area contributed by atoms with Gasteiger partial charge in [-0.3, -0.25) is 4.79 Å². The van der Waals surface area contributed by atoms with E-state index in [1.165, 1.54) is 0 Å². The topological polar surface area (TPSA) is 55.6 Å². The lowest BCUT2D eigenvalue weighted by atomic mass is 9.67. The molecule has 98 valence electrons. The summed E-state index contributed by atoms with van der Waals surface area (Å²) in [6, 6.07) is 0. The van der Waals surface area contributed by atoms with Gasteiger partial charge in [-0.15, -0.1) is 0 Å². The molecule has 2 fully saturated rings. The Morgan fingerprint density at radius 1 is 1.35 bits per heavy atom. The molecule has 1 atom stereocenters. The second-order valence-electron chi connectivity index (χ2n) is 5.82. The number of likely N-dealkylation sites (tertiary alicyclic amines) is 1. The van der Waals surface area contributed by atoms with Gasteiger partial charge in [0.25, 0.3) is 0 Å². The van der Waals surface area contributed by atoms with Gasteiger partial charge in [0.15, 0.2) is 0 Å². The minimum absolute atomic E-state index is 0.173. The number of hydrogen-bond donors (Lipinski definition) is 1. The van der Waals surface area contributed by atoms with Crippen molar-refractivity contribution < 1.29 is 9.53 Å². The monoisotopic (exact) mass is 240 g/mol. The number of hydrogen-bond acceptors (Lipinski definition) is 3. The largest absolute Gasteiger partial charge is 0.377 e. The molecule has 4 nitrogen and oxygen atoms in total. The Morgan fingerprint density at radius 3 is 2.53 bits per heavy atom. The number of amides is 1. The normalized spacial score (nSPS) is 32.1. The summed E-state index contributed by atoms with van der Waals surface area (Å²) in [7, 11) is 1.73. The molecule has 1 amide bonds. The molecule has 1 aliphatic heterocycles. The summed E-state index contributed by atoms with van der Waals surface area (Å²) in [5.41, 5.74) is 5.38. The number of piperidine rings is 1. The second-order valence-corrected chi connectivity index (χ2v) is 5.82. The first-order valence-corrected chi connectivity index (χ1v) is 6.60. The Kier molecular flexibility index (Phi) is 3.46. The molecule has 2 aliphatic rings. The average Bonchev–Trinajstić information content (AvgIpc) is 2.28. The Hall–Kier alpha value is -0.610. The van der Waals surface area contributed by atoms with Crippen molar-refractivity contribution in [1.29, 1.82) is 0 Å². The fraction of sp³-hybridized carbons (Fsp3) is 0.923. The molecule has 1 saturated carbocycles. The van der Waals surface area contributed by atoms with Crippen molar-refractivity contribution in [2.45, 2.75) is 44.6 Å². The first-order valence-electron chi connectivity index (χ1n) is 6.60. The molecule has 1 heterocycles. The van der Waals surface area contributed by atoms with Crippen LogP contribution < -0.4 is 5.73 Å². The maximum atomic E-state index is 12.5. The van der Waals surface area contributed by atoms with Gasteiger partial charge in [0.2, 0.25) is 5.91 Å². The average molecular weight is 240 g/mol. The lowest BCUT2D eigenvalue weighted by Gasteiger charge is -2.47. The van der Waals surface area contributed by atoms with Crippen molar-refractivity contribution in [1.82, 2.24) is 4.90 Å². The zero-order chi connectivity index (χ0) is 12.5. The number of rotatable bonds is 3. The second kappa shape index (κ2) is 4.58. The smallest absolute Gasteiger partial charge is 0.230 e. The molecular weight excluding hydrogens is 216 g/mol. The van der Waals surface area contributed by atoms with Gasteiger partial charge in [0.05, 0.1) is 11.0 Å². The van der Waals surface area contributed by atoms with Crippen molar-refractivity contribution >= 4 is 5.91 Å². The van der Waals surface area contributed by atoms with E-state index in [0.717, 1.165) is 38.6 Å². The number of methoxy groups -OCH3 is 1. The van der Waals surface area contributed by atoms with Crippen LogP contribution in [-0.2, 0) is 9.53 Å². The lowest BCUT2D eigenvalue weighted by molar-refractivity contribution is -0.154. The van der Waals surface area contributed by atoms with Crippen LogP contribution >= 0.6 is 0 Å². The number of nitrogens with zero attached hydrogens (tertiary/aromatic N) is 1. The zero-order valence-electron chi connectivity index (χ0n) is 11.0. The van der Waals surface area contributed by atoms with Crippen molar-refractivity contribution in [3.8, 4) is 0 Å². The van der Waals surface area contributed by atoms with Crippen LogP contribution in [-0.4, -0.2) is 43.2 Å². The third-order valence-corrected chi connectivity index (χ3v) is 4.59. The first kappa shape index (κ1) is 12.8. The Labute approximate surface area is 103 Å². The number of carbonyl (C=O) groups excluding carboxylic acids is 1. The van der Waals surface area contributed by atoms with Crippen LogP contribution in [0.15, 0.2) is 0 Å². The third-order valence-electron chi connectivity index (χ3n) is 4.59. The van der Waals surface area contributed by atoms with Crippen LogP contribution in [0.2, 0.25) is 0 Å². The van der Waals surface area contributed by atoms with E-state index < -0.39 is 0 Å². The van der Waals surface area contributed by atoms with Crippen LogP contribution in [0.4, 0.5) is 0 Å². The summed E-state index contributed by atoms with van der Waals surface area (Å²) in [5.74, 6) is 0.259. The molecule has 0 aromatic heterocycles. The van der Waals surface area contributed by atoms with E-state index in [0.29, 0.717) is 13.1 Å². The Balaban J connectivity index is 2.04. The Bertz CT molecular complexity index is 296. The van der Waals surface area contributed by atoms with Crippen molar-refractivity contribution in [2.75, 3.05) is 26.7 Å². The van der Waals surface area contributed by atoms with E-state index in [2.05, 4.69) is 6.92 Å². The predicted molar refractivity (Wildman–Crippen MR) is 66.6 cm³/mol. The highest BCUT2D eigenvalue weighted by Gasteiger charge is 2.47. The minimum Gasteiger partial charge on any atom is -0.377 e. The molecule has 0 spiro atoms. The maximum absolute atomic E-state index is 12.5. The van der Waals surface area contributed by atoms with E-state index in [1.807, 2.05) is 4.90 Å². The summed E-state index contributed by atoms with van der Waals surface area (Å²) in [6.07, 6.45) is 5.11. The fourth-order valence-corrected chi connectivity index (χ4v) is 2.99. The highest BCUT2D eigenvalue weighted by atomic mass is 16.5. The van der Waals surface area contributed by atoms with E-state index in [-0.39, 0.29) is 16.9 Å². The van der Waals surface area contributed by atoms with Crippen LogP contribution in [0.5, 0.6) is 0 Å². The number of nitrogens with two attached hydrogens (primary N) is 1. The standard InChI is InChI=1S/C13H24N2O2/c1-12(17-2)5-4-8-15(10-12)11(16)13(9-14)6-3-7-13/h3-10,14H2,1-2H3. The van der Waals surface area contributed by atoms with Gasteiger partial charge in [0, 0.05) is 26.7 Å². The van der Waals surface area contributed by atoms with E-state index in [4.69, 9.17) is 10.5 Å². The number of ether oxygens (including phenoxy) is 1. The third kappa shape index (κ3) is 2.20. The maximum Gasteiger partial charge on any atom is 0.230 e. The van der Waals surface area contributed by atoms with Gasteiger partial charge in [-0.05, 0) is 32.6 Å². The molecular formula is C13H24N2O2. The van der Waals surface area contributed by atoms with Crippen LogP contribution in [0.3, 0.4) is 0 Å². The SMILES string of the molecule is COC1(C)CCCN(C(=O)C2(CN)CCC2)C1. The quantitative estimate of drug-likeness (QED) is 0.805. The van der Waals surface area contributed by atoms with Crippen LogP contribution in [0.25, 0.3) is 0 Å². The van der Waals surface area contributed by atoms with Crippen molar-refractivity contribution in [3.63, 3.8) is 0 Å². The molecule has 1 aliphatic carbocycles. The first-order chi connectivity index (χ1) is 8.05. The highest BCUT2D eigenvalue weighted by Crippen LogP contribution is 2.42. The molecule has 1 unspecified atom stereocenters. The van der Waals surface area contributed by atoms with Crippen LogP contribution in [0, 0.1) is 5.41 Å². The minimum atomic E-state index is -0.244. The molecule has 2 rings (SSSR count). The van der Waals surface area contributed by atoms with Gasteiger partial charge in [-0.1, -0.05) is 6.42 Å². The van der Waals surface area contributed by atoms with E-state index in [1.54, 1.807) is 7.11 Å². The molecule has 4 heteroatoms. The zero-order valence-corrected chi connectivity index (χ0v) is 11.0. The molecule has 0 aromatic carbocycles. The van der Waals surface area contributed by atoms with Gasteiger partial charge in [-0.25, -0.2) is 0 Å². The molecule has 0 radical (unpaired) electrons. The summed E-state index contributed by atoms with van der Waals surface area (Å²) < 4.78 is 5.53. The summed E-state index contributed by atoms with van der Waals surface area (Å²) in [5, 5.41) is 0. The van der Waals surface area contributed by atoms with Gasteiger partial charge in [0.1, 0.15) is 0 Å². The Morgan fingerprint density at radius 2 is 2.06 bits per heavy atom. The number of carbonyl (C=O) groups is 1. The molecule has 1 saturated heterocycles. The van der Waals surface area contributed by atoms with Gasteiger partial charge in [-0.2, -0.15) is 0 Å². The van der Waals surface area contributed by atoms with Crippen molar-refractivity contribution in [3.05, 3.63) is 0 Å². The highest BCUT2D eigenvalue weighted by molar-refractivity contribution is 5.84.